The van der Waals surface area contributed by atoms with Crippen molar-refractivity contribution in [2.75, 3.05) is 0 Å². The van der Waals surface area contributed by atoms with Gasteiger partial charge in [0, 0.05) is 27.7 Å². The Morgan fingerprint density at radius 1 is 0.800 bits per heavy atom. The van der Waals surface area contributed by atoms with Crippen molar-refractivity contribution in [3.63, 3.8) is 0 Å². The normalized spacial score (nSPS) is 16.2. The molecule has 0 fully saturated rings. The minimum atomic E-state index is -2.11. The first-order chi connectivity index (χ1) is 11.5. The third-order valence-corrected chi connectivity index (χ3v) is 2.82. The van der Waals surface area contributed by atoms with Crippen LogP contribution in [0.15, 0.2) is 0 Å². The monoisotopic (exact) mass is 360 g/mol. The van der Waals surface area contributed by atoms with Gasteiger partial charge in [0.15, 0.2) is 30.9 Å². The molecular weight excluding hydrogens is 340 g/mol. The molecule has 0 unspecified atom stereocenters. The lowest BCUT2D eigenvalue weighted by molar-refractivity contribution is -0.208. The summed E-state index contributed by atoms with van der Waals surface area (Å²) in [4.78, 5) is 68.0. The molecule has 0 aromatic rings. The van der Waals surface area contributed by atoms with Gasteiger partial charge >= 0.3 is 23.9 Å². The van der Waals surface area contributed by atoms with Gasteiger partial charge in [0.05, 0.1) is 0 Å². The maximum Gasteiger partial charge on any atom is 0.303 e. The maximum atomic E-state index is 11.5. The van der Waals surface area contributed by atoms with Gasteiger partial charge < -0.3 is 18.9 Å². The molecule has 10 heteroatoms. The van der Waals surface area contributed by atoms with Gasteiger partial charge in [-0.3, -0.25) is 28.8 Å². The van der Waals surface area contributed by atoms with E-state index in [2.05, 4.69) is 0 Å². The van der Waals surface area contributed by atoms with Crippen LogP contribution in [-0.2, 0) is 47.7 Å². The van der Waals surface area contributed by atoms with Crippen LogP contribution in [0.3, 0.4) is 0 Å². The summed E-state index contributed by atoms with van der Waals surface area (Å²) in [5.74, 6) is -3.63. The van der Waals surface area contributed by atoms with Gasteiger partial charge in [0.2, 0.25) is 5.60 Å². The van der Waals surface area contributed by atoms with E-state index in [0.29, 0.717) is 0 Å². The molecule has 0 bridgehead atoms. The van der Waals surface area contributed by atoms with Gasteiger partial charge in [-0.15, -0.1) is 0 Å². The van der Waals surface area contributed by atoms with Crippen molar-refractivity contribution in [3.8, 4) is 0 Å². The molecule has 140 valence electrons. The lowest BCUT2D eigenvalue weighted by Gasteiger charge is -2.37. The van der Waals surface area contributed by atoms with Crippen molar-refractivity contribution in [2.45, 2.75) is 58.5 Å². The van der Waals surface area contributed by atoms with Crippen LogP contribution in [0.4, 0.5) is 0 Å². The summed E-state index contributed by atoms with van der Waals surface area (Å²) < 4.78 is 19.5. The Bertz CT molecular complexity index is 555. The number of esters is 4. The third-order valence-electron chi connectivity index (χ3n) is 2.82. The maximum absolute atomic E-state index is 11.5. The molecular formula is C15H20O10. The number of carbonyl (C=O) groups excluding carboxylic acids is 6. The minimum absolute atomic E-state index is 0.129. The molecule has 0 spiro atoms. The van der Waals surface area contributed by atoms with Gasteiger partial charge in [-0.1, -0.05) is 0 Å². The van der Waals surface area contributed by atoms with Crippen molar-refractivity contribution in [3.05, 3.63) is 0 Å². The van der Waals surface area contributed by atoms with Gasteiger partial charge in [-0.05, 0) is 6.92 Å². The Balaban J connectivity index is 6.13. The number of carbonyl (C=O) groups is 6. The molecule has 0 aliphatic rings. The van der Waals surface area contributed by atoms with E-state index in [9.17, 15) is 28.8 Å². The summed E-state index contributed by atoms with van der Waals surface area (Å²) in [7, 11) is 0. The van der Waals surface area contributed by atoms with E-state index in [4.69, 9.17) is 18.9 Å². The first-order valence-corrected chi connectivity index (χ1v) is 7.09. The van der Waals surface area contributed by atoms with Gasteiger partial charge in [0.25, 0.3) is 0 Å². The van der Waals surface area contributed by atoms with Crippen LogP contribution in [0.25, 0.3) is 0 Å². The topological polar surface area (TPSA) is 139 Å². The molecule has 0 heterocycles. The number of hydrogen-bond donors (Lipinski definition) is 0. The molecule has 0 aliphatic heterocycles. The number of aldehydes is 2. The van der Waals surface area contributed by atoms with Gasteiger partial charge in [-0.25, -0.2) is 0 Å². The lowest BCUT2D eigenvalue weighted by atomic mass is 9.92. The van der Waals surface area contributed by atoms with Crippen molar-refractivity contribution in [2.24, 2.45) is 0 Å². The molecule has 25 heavy (non-hydrogen) atoms. The first kappa shape index (κ1) is 22.2. The summed E-state index contributed by atoms with van der Waals surface area (Å²) >= 11 is 0. The average molecular weight is 360 g/mol. The van der Waals surface area contributed by atoms with Crippen LogP contribution in [-0.4, -0.2) is 60.4 Å². The van der Waals surface area contributed by atoms with Crippen molar-refractivity contribution >= 4 is 36.4 Å². The lowest BCUT2D eigenvalue weighted by Crippen LogP contribution is -2.58. The standard InChI is InChI=1S/C15H20O10/c1-8(18)22-12(6-16)13(23-9(2)19)14(24-10(3)20)15(5,7-17)25-11(4)21/h6-7,12-14H,1-5H3/t12-,13+,14+,15+/m0/s1. The summed E-state index contributed by atoms with van der Waals surface area (Å²) in [6.07, 6.45) is -4.90. The van der Waals surface area contributed by atoms with Crippen LogP contribution in [0.2, 0.25) is 0 Å². The third kappa shape index (κ3) is 7.10. The summed E-state index contributed by atoms with van der Waals surface area (Å²) in [5, 5.41) is 0. The molecule has 0 saturated carbocycles. The SMILES string of the molecule is CC(=O)O[C@H]([C@H](C=O)OC(C)=O)[C@@H](OC(C)=O)[C@@](C)(C=O)OC(C)=O. The molecule has 0 aliphatic carbocycles. The summed E-state index contributed by atoms with van der Waals surface area (Å²) in [5.41, 5.74) is -2.11. The Hall–Kier alpha value is -2.78. The van der Waals surface area contributed by atoms with E-state index in [1.807, 2.05) is 0 Å². The van der Waals surface area contributed by atoms with E-state index in [0.717, 1.165) is 34.6 Å². The van der Waals surface area contributed by atoms with Crippen LogP contribution >= 0.6 is 0 Å². The molecule has 0 N–H and O–H groups in total. The Kier molecular flexibility index (Phi) is 8.44. The zero-order valence-electron chi connectivity index (χ0n) is 14.5. The van der Waals surface area contributed by atoms with E-state index in [1.165, 1.54) is 0 Å². The molecule has 0 amide bonds. The average Bonchev–Trinajstić information content (AvgIpc) is 2.46. The van der Waals surface area contributed by atoms with E-state index in [-0.39, 0.29) is 12.6 Å². The highest BCUT2D eigenvalue weighted by atomic mass is 16.6. The van der Waals surface area contributed by atoms with Crippen LogP contribution in [0.1, 0.15) is 34.6 Å². The smallest absolute Gasteiger partial charge is 0.303 e. The Morgan fingerprint density at radius 3 is 1.60 bits per heavy atom. The van der Waals surface area contributed by atoms with E-state index >= 15 is 0 Å². The predicted molar refractivity (Wildman–Crippen MR) is 79.0 cm³/mol. The zero-order valence-corrected chi connectivity index (χ0v) is 14.5. The van der Waals surface area contributed by atoms with Crippen LogP contribution in [0, 0.1) is 0 Å². The highest BCUT2D eigenvalue weighted by molar-refractivity contribution is 5.76. The minimum Gasteiger partial charge on any atom is -0.454 e. The molecule has 0 aromatic heterocycles. The Morgan fingerprint density at radius 2 is 1.28 bits per heavy atom. The summed E-state index contributed by atoms with van der Waals surface area (Å²) in [6.45, 7) is 5.04. The fourth-order valence-electron chi connectivity index (χ4n) is 2.00. The quantitative estimate of drug-likeness (QED) is 0.300. The van der Waals surface area contributed by atoms with Gasteiger partial charge in [0.1, 0.15) is 0 Å². The molecule has 0 saturated heterocycles. The second kappa shape index (κ2) is 9.50. The molecule has 10 nitrogen and oxygen atoms in total. The Labute approximate surface area is 143 Å². The number of rotatable bonds is 9. The zero-order chi connectivity index (χ0) is 19.8. The highest BCUT2D eigenvalue weighted by Gasteiger charge is 2.50. The molecule has 0 aromatic carbocycles. The van der Waals surface area contributed by atoms with Crippen molar-refractivity contribution in [1.82, 2.24) is 0 Å². The van der Waals surface area contributed by atoms with E-state index < -0.39 is 47.8 Å². The van der Waals surface area contributed by atoms with Gasteiger partial charge in [-0.2, -0.15) is 0 Å². The van der Waals surface area contributed by atoms with Crippen LogP contribution in [0.5, 0.6) is 0 Å². The largest absolute Gasteiger partial charge is 0.454 e. The first-order valence-electron chi connectivity index (χ1n) is 7.09. The van der Waals surface area contributed by atoms with E-state index in [1.54, 1.807) is 0 Å². The molecule has 0 rings (SSSR count). The number of hydrogen-bond acceptors (Lipinski definition) is 10. The van der Waals surface area contributed by atoms with Crippen LogP contribution < -0.4 is 0 Å². The number of ether oxygens (including phenoxy) is 4. The second-order valence-corrected chi connectivity index (χ2v) is 5.21. The summed E-state index contributed by atoms with van der Waals surface area (Å²) in [6, 6.07) is 0. The fourth-order valence-corrected chi connectivity index (χ4v) is 2.00. The fraction of sp³-hybridized carbons (Fsp3) is 0.600. The van der Waals surface area contributed by atoms with Crippen molar-refractivity contribution < 1.29 is 47.7 Å². The second-order valence-electron chi connectivity index (χ2n) is 5.21. The molecule has 4 atom stereocenters. The predicted octanol–water partition coefficient (Wildman–Crippen LogP) is -0.499. The van der Waals surface area contributed by atoms with Crippen molar-refractivity contribution in [1.29, 1.82) is 0 Å². The highest BCUT2D eigenvalue weighted by Crippen LogP contribution is 2.25. The molecule has 0 radical (unpaired) electrons.